The third-order valence-corrected chi connectivity index (χ3v) is 5.41. The number of rotatable bonds is 11. The van der Waals surface area contributed by atoms with E-state index in [0.717, 1.165) is 12.0 Å². The lowest BCUT2D eigenvalue weighted by molar-refractivity contribution is -0.118. The molecule has 2 N–H and O–H groups in total. The van der Waals surface area contributed by atoms with E-state index in [9.17, 15) is 4.79 Å². The minimum Gasteiger partial charge on any atom is -0.490 e. The number of pyridine rings is 1. The first-order chi connectivity index (χ1) is 16.7. The Bertz CT molecular complexity index is 1140. The molecule has 1 atom stereocenters. The number of nitrogens with zero attached hydrogens (tertiary/aromatic N) is 3. The Morgan fingerprint density at radius 2 is 1.85 bits per heavy atom. The minimum atomic E-state index is -0.488. The van der Waals surface area contributed by atoms with Crippen LogP contribution in [0.5, 0.6) is 5.75 Å². The first-order valence-electron chi connectivity index (χ1n) is 11.4. The van der Waals surface area contributed by atoms with E-state index in [2.05, 4.69) is 51.9 Å². The molecule has 174 valence electrons. The van der Waals surface area contributed by atoms with Gasteiger partial charge >= 0.3 is 0 Å². The van der Waals surface area contributed by atoms with Crippen molar-refractivity contribution in [2.75, 3.05) is 18.5 Å². The number of amides is 1. The topological polar surface area (TPSA) is 81.1 Å². The van der Waals surface area contributed by atoms with E-state index in [-0.39, 0.29) is 5.91 Å². The van der Waals surface area contributed by atoms with Crippen LogP contribution in [0, 0.1) is 6.92 Å². The molecule has 2 aromatic heterocycles. The van der Waals surface area contributed by atoms with Crippen molar-refractivity contribution in [1.82, 2.24) is 20.1 Å². The summed E-state index contributed by atoms with van der Waals surface area (Å²) in [5.41, 5.74) is 3.37. The molecule has 7 nitrogen and oxygen atoms in total. The molecule has 0 spiro atoms. The Hall–Kier alpha value is -3.97. The van der Waals surface area contributed by atoms with Crippen LogP contribution < -0.4 is 15.4 Å². The van der Waals surface area contributed by atoms with Gasteiger partial charge in [0.25, 0.3) is 0 Å². The van der Waals surface area contributed by atoms with Crippen LogP contribution in [0.15, 0.2) is 91.4 Å². The van der Waals surface area contributed by atoms with E-state index in [0.29, 0.717) is 31.3 Å². The first kappa shape index (κ1) is 23.2. The second-order valence-electron chi connectivity index (χ2n) is 8.02. The zero-order chi connectivity index (χ0) is 23.6. The smallest absolute Gasteiger partial charge is 0.247 e. The zero-order valence-corrected chi connectivity index (χ0v) is 19.2. The zero-order valence-electron chi connectivity index (χ0n) is 19.2. The highest BCUT2D eigenvalue weighted by Gasteiger charge is 2.20. The molecule has 0 saturated heterocycles. The normalized spacial score (nSPS) is 11.7. The molecule has 4 rings (SSSR count). The van der Waals surface area contributed by atoms with Gasteiger partial charge in [0.05, 0.1) is 12.7 Å². The molecule has 34 heavy (non-hydrogen) atoms. The van der Waals surface area contributed by atoms with Crippen molar-refractivity contribution in [3.63, 3.8) is 0 Å². The van der Waals surface area contributed by atoms with Crippen molar-refractivity contribution < 1.29 is 9.53 Å². The summed E-state index contributed by atoms with van der Waals surface area (Å²) < 4.78 is 7.51. The van der Waals surface area contributed by atoms with Gasteiger partial charge in [-0.25, -0.2) is 4.98 Å². The summed E-state index contributed by atoms with van der Waals surface area (Å²) in [4.78, 5) is 17.5. The maximum Gasteiger partial charge on any atom is 0.247 e. The first-order valence-corrected chi connectivity index (χ1v) is 11.4. The highest BCUT2D eigenvalue weighted by atomic mass is 16.5. The summed E-state index contributed by atoms with van der Waals surface area (Å²) in [6.45, 7) is 3.88. The monoisotopic (exact) mass is 455 g/mol. The third-order valence-electron chi connectivity index (χ3n) is 5.41. The van der Waals surface area contributed by atoms with Gasteiger partial charge in [-0.3, -0.25) is 9.48 Å². The van der Waals surface area contributed by atoms with Gasteiger partial charge in [0.15, 0.2) is 0 Å². The number of hydrogen-bond acceptors (Lipinski definition) is 5. The molecule has 0 aliphatic heterocycles. The van der Waals surface area contributed by atoms with Crippen LogP contribution in [0.2, 0.25) is 0 Å². The van der Waals surface area contributed by atoms with Gasteiger partial charge in [0, 0.05) is 18.9 Å². The molecule has 0 unspecified atom stereocenters. The second-order valence-corrected chi connectivity index (χ2v) is 8.02. The van der Waals surface area contributed by atoms with Crippen LogP contribution in [0.4, 0.5) is 5.82 Å². The summed E-state index contributed by atoms with van der Waals surface area (Å²) in [6, 6.07) is 23.1. The molecule has 7 heteroatoms. The van der Waals surface area contributed by atoms with Gasteiger partial charge < -0.3 is 15.4 Å². The second kappa shape index (κ2) is 11.8. The number of aryl methyl sites for hydroxylation is 1. The van der Waals surface area contributed by atoms with E-state index in [1.807, 2.05) is 42.6 Å². The molecule has 0 saturated carbocycles. The van der Waals surface area contributed by atoms with Crippen LogP contribution in [0.25, 0.3) is 0 Å². The van der Waals surface area contributed by atoms with Gasteiger partial charge in [0.2, 0.25) is 5.91 Å². The molecular weight excluding hydrogens is 426 g/mol. The molecule has 1 amide bonds. The number of aromatic nitrogens is 3. The van der Waals surface area contributed by atoms with Crippen molar-refractivity contribution in [2.45, 2.75) is 25.9 Å². The number of nitrogens with one attached hydrogen (secondary N) is 2. The van der Waals surface area contributed by atoms with Gasteiger partial charge in [-0.1, -0.05) is 60.2 Å². The van der Waals surface area contributed by atoms with Crippen LogP contribution >= 0.6 is 0 Å². The lowest BCUT2D eigenvalue weighted by Gasteiger charge is -2.19. The summed E-state index contributed by atoms with van der Waals surface area (Å²) in [5, 5.41) is 10.5. The minimum absolute atomic E-state index is 0.157. The number of hydrogen-bond donors (Lipinski definition) is 2. The predicted molar refractivity (Wildman–Crippen MR) is 133 cm³/mol. The average molecular weight is 456 g/mol. The Labute approximate surface area is 199 Å². The van der Waals surface area contributed by atoms with Gasteiger partial charge in [-0.05, 0) is 42.7 Å². The number of benzene rings is 2. The quantitative estimate of drug-likeness (QED) is 0.355. The molecule has 0 bridgehead atoms. The summed E-state index contributed by atoms with van der Waals surface area (Å²) in [6.07, 6.45) is 6.07. The summed E-state index contributed by atoms with van der Waals surface area (Å²) in [7, 11) is 0. The van der Waals surface area contributed by atoms with Crippen LogP contribution in [-0.2, 0) is 17.8 Å². The SMILES string of the molecule is Cc1ccc(CCN[C@H](C(=O)Nc2ccc(OCCn3cccn3)cn2)c2ccccc2)cc1. The molecule has 2 aromatic carbocycles. The Balaban J connectivity index is 1.33. The lowest BCUT2D eigenvalue weighted by Crippen LogP contribution is -2.34. The molecule has 2 heterocycles. The van der Waals surface area contributed by atoms with Crippen LogP contribution in [-0.4, -0.2) is 33.8 Å². The van der Waals surface area contributed by atoms with Crippen molar-refractivity contribution >= 4 is 11.7 Å². The van der Waals surface area contributed by atoms with Gasteiger partial charge in [-0.15, -0.1) is 0 Å². The van der Waals surface area contributed by atoms with E-state index in [1.165, 1.54) is 11.1 Å². The molecular formula is C27H29N5O2. The molecule has 0 aliphatic carbocycles. The third kappa shape index (κ3) is 6.76. The van der Waals surface area contributed by atoms with E-state index in [1.54, 1.807) is 29.2 Å². The maximum atomic E-state index is 13.1. The number of ether oxygens (including phenoxy) is 1. The highest BCUT2D eigenvalue weighted by molar-refractivity contribution is 5.94. The van der Waals surface area contributed by atoms with Crippen molar-refractivity contribution in [3.8, 4) is 5.75 Å². The van der Waals surface area contributed by atoms with Crippen molar-refractivity contribution in [2.24, 2.45) is 0 Å². The average Bonchev–Trinajstić information content (AvgIpc) is 3.38. The Morgan fingerprint density at radius 1 is 1.03 bits per heavy atom. The lowest BCUT2D eigenvalue weighted by atomic mass is 10.1. The van der Waals surface area contributed by atoms with Gasteiger partial charge in [-0.2, -0.15) is 5.10 Å². The standard InChI is InChI=1S/C27H29N5O2/c1-21-8-10-22(11-9-21)14-16-28-26(23-6-3-2-4-7-23)27(33)31-25-13-12-24(20-29-25)34-19-18-32-17-5-15-30-32/h2-13,15,17,20,26,28H,14,16,18-19H2,1H3,(H,29,31,33)/t26-/m0/s1. The number of anilines is 1. The Morgan fingerprint density at radius 3 is 2.56 bits per heavy atom. The summed E-state index contributed by atoms with van der Waals surface area (Å²) >= 11 is 0. The fourth-order valence-electron chi connectivity index (χ4n) is 3.55. The Kier molecular flexibility index (Phi) is 8.03. The summed E-state index contributed by atoms with van der Waals surface area (Å²) in [5.74, 6) is 0.960. The van der Waals surface area contributed by atoms with E-state index >= 15 is 0 Å². The fraction of sp³-hybridized carbons (Fsp3) is 0.222. The van der Waals surface area contributed by atoms with E-state index < -0.39 is 6.04 Å². The molecule has 0 fully saturated rings. The highest BCUT2D eigenvalue weighted by Crippen LogP contribution is 2.17. The van der Waals surface area contributed by atoms with Gasteiger partial charge in [0.1, 0.15) is 24.2 Å². The van der Waals surface area contributed by atoms with Crippen molar-refractivity contribution in [1.29, 1.82) is 0 Å². The van der Waals surface area contributed by atoms with Crippen LogP contribution in [0.3, 0.4) is 0 Å². The number of carbonyl (C=O) groups is 1. The van der Waals surface area contributed by atoms with Crippen molar-refractivity contribution in [3.05, 3.63) is 108 Å². The molecule has 0 radical (unpaired) electrons. The van der Waals surface area contributed by atoms with E-state index in [4.69, 9.17) is 4.74 Å². The molecule has 4 aromatic rings. The molecule has 0 aliphatic rings. The predicted octanol–water partition coefficient (Wildman–Crippen LogP) is 4.18. The fourth-order valence-corrected chi connectivity index (χ4v) is 3.55. The maximum absolute atomic E-state index is 13.1. The van der Waals surface area contributed by atoms with Crippen LogP contribution in [0.1, 0.15) is 22.7 Å². The number of carbonyl (C=O) groups excluding carboxylic acids is 1. The largest absolute Gasteiger partial charge is 0.490 e.